The molecule has 0 spiro atoms. The van der Waals surface area contributed by atoms with Gasteiger partial charge in [-0.3, -0.25) is 0 Å². The van der Waals surface area contributed by atoms with Gasteiger partial charge in [0.1, 0.15) is 0 Å². The lowest BCUT2D eigenvalue weighted by atomic mass is 9.82. The first-order valence-corrected chi connectivity index (χ1v) is 17.1. The number of rotatable bonds is 5. The van der Waals surface area contributed by atoms with E-state index < -0.39 is 0 Å². The molecule has 1 aliphatic rings. The second-order valence-corrected chi connectivity index (χ2v) is 14.0. The summed E-state index contributed by atoms with van der Waals surface area (Å²) >= 11 is 1.86. The lowest BCUT2D eigenvalue weighted by molar-refractivity contribution is 0.660. The number of benzene rings is 7. The molecule has 0 atom stereocenters. The summed E-state index contributed by atoms with van der Waals surface area (Å²) in [6, 6.07) is 60.1. The largest absolute Gasteiger partial charge is 0.310 e. The van der Waals surface area contributed by atoms with E-state index in [0.29, 0.717) is 0 Å². The van der Waals surface area contributed by atoms with E-state index in [1.165, 1.54) is 64.7 Å². The molecule has 0 amide bonds. The molecule has 2 heteroatoms. The lowest BCUT2D eigenvalue weighted by Crippen LogP contribution is -2.14. The van der Waals surface area contributed by atoms with Gasteiger partial charge in [0, 0.05) is 42.5 Å². The van der Waals surface area contributed by atoms with Crippen molar-refractivity contribution in [2.75, 3.05) is 4.90 Å². The van der Waals surface area contributed by atoms with Crippen molar-refractivity contribution in [3.63, 3.8) is 0 Å². The Kier molecular flexibility index (Phi) is 6.41. The summed E-state index contributed by atoms with van der Waals surface area (Å²) in [5.74, 6) is 0. The SMILES string of the molecule is CC1(C)c2ccccc2-c2c(-c3ccccc3N(c3ccccc3)c3cccc(-c4ccc5sc6ccccc6c5c4)c3)cccc21. The van der Waals surface area contributed by atoms with Crippen LogP contribution in [-0.4, -0.2) is 0 Å². The molecule has 1 aromatic heterocycles. The molecule has 0 unspecified atom stereocenters. The van der Waals surface area contributed by atoms with E-state index in [4.69, 9.17) is 0 Å². The molecule has 7 aromatic carbocycles. The maximum Gasteiger partial charge on any atom is 0.0540 e. The molecule has 0 aliphatic heterocycles. The van der Waals surface area contributed by atoms with Crippen LogP contribution in [0.4, 0.5) is 17.1 Å². The summed E-state index contributed by atoms with van der Waals surface area (Å²) in [5.41, 5.74) is 13.7. The van der Waals surface area contributed by atoms with Crippen LogP contribution in [0.1, 0.15) is 25.0 Å². The van der Waals surface area contributed by atoms with Crippen molar-refractivity contribution in [3.8, 4) is 33.4 Å². The standard InChI is InChI=1S/C45H33NS/c1-45(2)39-22-9-6-20-37(39)44-36(21-13-23-40(44)45)34-18-7-10-24-41(34)46(32-15-4-3-5-16-32)33-17-12-14-30(28-33)31-26-27-43-38(29-31)35-19-8-11-25-42(35)47-43/h3-29H,1-2H3. The van der Waals surface area contributed by atoms with Gasteiger partial charge in [-0.25, -0.2) is 0 Å². The van der Waals surface area contributed by atoms with Crippen LogP contribution in [0.25, 0.3) is 53.6 Å². The molecule has 1 nitrogen and oxygen atoms in total. The van der Waals surface area contributed by atoms with Gasteiger partial charge in [-0.2, -0.15) is 0 Å². The Morgan fingerprint density at radius 1 is 0.447 bits per heavy atom. The van der Waals surface area contributed by atoms with E-state index in [1.54, 1.807) is 0 Å². The highest BCUT2D eigenvalue weighted by atomic mass is 32.1. The first-order valence-electron chi connectivity index (χ1n) is 16.3. The van der Waals surface area contributed by atoms with Gasteiger partial charge < -0.3 is 4.90 Å². The van der Waals surface area contributed by atoms with E-state index in [0.717, 1.165) is 17.1 Å². The maximum absolute atomic E-state index is 2.42. The molecule has 1 heterocycles. The van der Waals surface area contributed by atoms with E-state index in [-0.39, 0.29) is 5.41 Å². The summed E-state index contributed by atoms with van der Waals surface area (Å²) in [6.07, 6.45) is 0. The second-order valence-electron chi connectivity index (χ2n) is 12.9. The summed E-state index contributed by atoms with van der Waals surface area (Å²) in [4.78, 5) is 2.42. The van der Waals surface area contributed by atoms with Gasteiger partial charge in [0.05, 0.1) is 5.69 Å². The first kappa shape index (κ1) is 27.8. The topological polar surface area (TPSA) is 3.24 Å². The predicted molar refractivity (Wildman–Crippen MR) is 202 cm³/mol. The number of anilines is 3. The molecule has 0 bridgehead atoms. The summed E-state index contributed by atoms with van der Waals surface area (Å²) in [5, 5.41) is 2.64. The van der Waals surface area contributed by atoms with Gasteiger partial charge in [0.2, 0.25) is 0 Å². The Hall–Kier alpha value is -5.44. The van der Waals surface area contributed by atoms with E-state index in [1.807, 2.05) is 11.3 Å². The average Bonchev–Trinajstić information content (AvgIpc) is 3.61. The third-order valence-electron chi connectivity index (χ3n) is 9.87. The smallest absolute Gasteiger partial charge is 0.0540 e. The zero-order chi connectivity index (χ0) is 31.5. The molecule has 47 heavy (non-hydrogen) atoms. The number of hydrogen-bond donors (Lipinski definition) is 0. The monoisotopic (exact) mass is 619 g/mol. The Morgan fingerprint density at radius 3 is 1.98 bits per heavy atom. The van der Waals surface area contributed by atoms with E-state index in [2.05, 4.69) is 183 Å². The van der Waals surface area contributed by atoms with Crippen LogP contribution in [0.2, 0.25) is 0 Å². The van der Waals surface area contributed by atoms with Crippen molar-refractivity contribution < 1.29 is 0 Å². The summed E-state index contributed by atoms with van der Waals surface area (Å²) < 4.78 is 2.66. The van der Waals surface area contributed by atoms with Gasteiger partial charge in [-0.1, -0.05) is 129 Å². The molecule has 1 aliphatic carbocycles. The van der Waals surface area contributed by atoms with Crippen molar-refractivity contribution in [3.05, 3.63) is 175 Å². The van der Waals surface area contributed by atoms with E-state index in [9.17, 15) is 0 Å². The second kappa shape index (κ2) is 10.8. The zero-order valence-corrected chi connectivity index (χ0v) is 27.3. The number of hydrogen-bond acceptors (Lipinski definition) is 2. The molecular formula is C45H33NS. The summed E-state index contributed by atoms with van der Waals surface area (Å²) in [7, 11) is 0. The van der Waals surface area contributed by atoms with E-state index >= 15 is 0 Å². The van der Waals surface area contributed by atoms with Gasteiger partial charge >= 0.3 is 0 Å². The fraction of sp³-hybridized carbons (Fsp3) is 0.0667. The highest BCUT2D eigenvalue weighted by Gasteiger charge is 2.37. The highest BCUT2D eigenvalue weighted by Crippen LogP contribution is 2.53. The van der Waals surface area contributed by atoms with Crippen molar-refractivity contribution in [2.24, 2.45) is 0 Å². The minimum Gasteiger partial charge on any atom is -0.310 e. The van der Waals surface area contributed by atoms with Crippen LogP contribution in [0.3, 0.4) is 0 Å². The number of para-hydroxylation sites is 2. The van der Waals surface area contributed by atoms with Gasteiger partial charge in [0.15, 0.2) is 0 Å². The Balaban J connectivity index is 1.23. The lowest BCUT2D eigenvalue weighted by Gasteiger charge is -2.29. The third-order valence-corrected chi connectivity index (χ3v) is 11.0. The molecule has 0 radical (unpaired) electrons. The zero-order valence-electron chi connectivity index (χ0n) is 26.4. The van der Waals surface area contributed by atoms with Crippen LogP contribution >= 0.6 is 11.3 Å². The van der Waals surface area contributed by atoms with Crippen molar-refractivity contribution in [1.29, 1.82) is 0 Å². The van der Waals surface area contributed by atoms with Gasteiger partial charge in [0.25, 0.3) is 0 Å². The Labute approximate surface area is 280 Å². The minimum atomic E-state index is -0.0563. The molecule has 0 N–H and O–H groups in total. The number of nitrogens with zero attached hydrogens (tertiary/aromatic N) is 1. The van der Waals surface area contributed by atoms with Crippen LogP contribution in [-0.2, 0) is 5.41 Å². The molecule has 224 valence electrons. The minimum absolute atomic E-state index is 0.0563. The average molecular weight is 620 g/mol. The predicted octanol–water partition coefficient (Wildman–Crippen LogP) is 13.2. The quantitative estimate of drug-likeness (QED) is 0.185. The molecule has 9 rings (SSSR count). The van der Waals surface area contributed by atoms with Crippen LogP contribution < -0.4 is 4.90 Å². The van der Waals surface area contributed by atoms with Crippen molar-refractivity contribution in [2.45, 2.75) is 19.3 Å². The van der Waals surface area contributed by atoms with Gasteiger partial charge in [-0.05, 0) is 87.5 Å². The molecule has 0 saturated heterocycles. The number of thiophene rings is 1. The van der Waals surface area contributed by atoms with Crippen LogP contribution in [0, 0.1) is 0 Å². The fourth-order valence-corrected chi connectivity index (χ4v) is 8.70. The first-order chi connectivity index (χ1) is 23.1. The number of fused-ring (bicyclic) bond motifs is 6. The summed E-state index contributed by atoms with van der Waals surface area (Å²) in [6.45, 7) is 4.71. The maximum atomic E-state index is 2.42. The molecule has 8 aromatic rings. The van der Waals surface area contributed by atoms with Crippen molar-refractivity contribution >= 4 is 48.6 Å². The normalized spacial score (nSPS) is 13.1. The van der Waals surface area contributed by atoms with Crippen LogP contribution in [0.15, 0.2) is 164 Å². The van der Waals surface area contributed by atoms with Gasteiger partial charge in [-0.15, -0.1) is 11.3 Å². The fourth-order valence-electron chi connectivity index (χ4n) is 7.61. The van der Waals surface area contributed by atoms with Crippen molar-refractivity contribution in [1.82, 2.24) is 0 Å². The molecular weight excluding hydrogens is 587 g/mol. The molecule has 0 saturated carbocycles. The Bertz CT molecular complexity index is 2450. The van der Waals surface area contributed by atoms with Crippen LogP contribution in [0.5, 0.6) is 0 Å². The molecule has 0 fully saturated rings. The Morgan fingerprint density at radius 2 is 1.09 bits per heavy atom. The highest BCUT2D eigenvalue weighted by molar-refractivity contribution is 7.25. The third kappa shape index (κ3) is 4.44.